The van der Waals surface area contributed by atoms with Crippen LogP contribution >= 0.6 is 0 Å². The quantitative estimate of drug-likeness (QED) is 0.0261. The monoisotopic (exact) mass is 944 g/mol. The zero-order valence-corrected chi connectivity index (χ0v) is 43.1. The van der Waals surface area contributed by atoms with E-state index in [0.717, 1.165) is 57.8 Å². The minimum Gasteiger partial charge on any atom is -0.394 e. The first-order valence-corrected chi connectivity index (χ1v) is 28.0. The Balaban J connectivity index is 2.19. The predicted molar refractivity (Wildman–Crippen MR) is 281 cm³/mol. The van der Waals surface area contributed by atoms with Gasteiger partial charge in [-0.25, -0.2) is 0 Å². The molecule has 390 valence electrons. The SMILES string of the molecule is CC/C=C\C/C=C\C/C=C\CCCCCC(=O)NC(COC1OC(CO)C(O)C(O)C1O)C(O)/C=C/CC/C=C/CCCCCCCCCCCCCCCCCCCCCCCCCCC. The van der Waals surface area contributed by atoms with Crippen LogP contribution in [0.2, 0.25) is 0 Å². The fourth-order valence-corrected chi connectivity index (χ4v) is 8.66. The van der Waals surface area contributed by atoms with Gasteiger partial charge in [0, 0.05) is 6.42 Å². The van der Waals surface area contributed by atoms with E-state index in [-0.39, 0.29) is 12.5 Å². The van der Waals surface area contributed by atoms with Crippen LogP contribution in [0.15, 0.2) is 60.8 Å². The van der Waals surface area contributed by atoms with Crippen LogP contribution in [-0.2, 0) is 14.3 Å². The summed E-state index contributed by atoms with van der Waals surface area (Å²) in [6.07, 6.45) is 57.4. The van der Waals surface area contributed by atoms with Crippen LogP contribution in [0.1, 0.15) is 245 Å². The molecule has 1 aliphatic rings. The molecule has 1 saturated heterocycles. The average Bonchev–Trinajstić information content (AvgIpc) is 3.33. The number of hydrogen-bond acceptors (Lipinski definition) is 8. The molecule has 6 N–H and O–H groups in total. The van der Waals surface area contributed by atoms with E-state index in [1.165, 1.54) is 161 Å². The molecule has 0 radical (unpaired) electrons. The third-order valence-corrected chi connectivity index (χ3v) is 13.1. The summed E-state index contributed by atoms with van der Waals surface area (Å²) >= 11 is 0. The number of carbonyl (C=O) groups excluding carboxylic acids is 1. The van der Waals surface area contributed by atoms with Crippen molar-refractivity contribution in [2.24, 2.45) is 0 Å². The second-order valence-electron chi connectivity index (χ2n) is 19.3. The van der Waals surface area contributed by atoms with E-state index in [1.807, 2.05) is 6.08 Å². The molecule has 1 aliphatic heterocycles. The maximum Gasteiger partial charge on any atom is 0.220 e. The van der Waals surface area contributed by atoms with Crippen molar-refractivity contribution >= 4 is 5.91 Å². The van der Waals surface area contributed by atoms with E-state index in [2.05, 4.69) is 67.8 Å². The number of allylic oxidation sites excluding steroid dienone is 9. The molecule has 0 spiro atoms. The molecule has 7 unspecified atom stereocenters. The summed E-state index contributed by atoms with van der Waals surface area (Å²) in [5, 5.41) is 54.3. The Labute approximate surface area is 411 Å². The van der Waals surface area contributed by atoms with E-state index in [1.54, 1.807) is 6.08 Å². The Bertz CT molecular complexity index is 1230. The van der Waals surface area contributed by atoms with E-state index >= 15 is 0 Å². The number of nitrogens with one attached hydrogen (secondary N) is 1. The lowest BCUT2D eigenvalue weighted by Crippen LogP contribution is -2.60. The van der Waals surface area contributed by atoms with Crippen molar-refractivity contribution in [1.82, 2.24) is 5.32 Å². The molecule has 9 nitrogen and oxygen atoms in total. The number of hydrogen-bond donors (Lipinski definition) is 6. The molecular weight excluding hydrogens is 839 g/mol. The maximum atomic E-state index is 13.0. The first-order valence-electron chi connectivity index (χ1n) is 28.0. The summed E-state index contributed by atoms with van der Waals surface area (Å²) in [7, 11) is 0. The van der Waals surface area contributed by atoms with Crippen molar-refractivity contribution < 1.29 is 39.8 Å². The third kappa shape index (κ3) is 37.4. The second-order valence-corrected chi connectivity index (χ2v) is 19.3. The minimum absolute atomic E-state index is 0.215. The Hall–Kier alpha value is -2.11. The van der Waals surface area contributed by atoms with Gasteiger partial charge in [-0.1, -0.05) is 235 Å². The lowest BCUT2D eigenvalue weighted by molar-refractivity contribution is -0.302. The second kappa shape index (κ2) is 47.6. The third-order valence-electron chi connectivity index (χ3n) is 13.1. The van der Waals surface area contributed by atoms with Gasteiger partial charge in [-0.15, -0.1) is 0 Å². The zero-order chi connectivity index (χ0) is 48.7. The summed E-state index contributed by atoms with van der Waals surface area (Å²) in [4.78, 5) is 13.0. The van der Waals surface area contributed by atoms with E-state index in [0.29, 0.717) is 12.8 Å². The first-order chi connectivity index (χ1) is 32.8. The molecule has 0 bridgehead atoms. The molecule has 0 aromatic heterocycles. The highest BCUT2D eigenvalue weighted by Gasteiger charge is 2.44. The van der Waals surface area contributed by atoms with Crippen molar-refractivity contribution in [3.8, 4) is 0 Å². The molecule has 7 atom stereocenters. The van der Waals surface area contributed by atoms with E-state index in [4.69, 9.17) is 9.47 Å². The van der Waals surface area contributed by atoms with Gasteiger partial charge in [0.25, 0.3) is 0 Å². The fraction of sp³-hybridized carbons (Fsp3) is 0.810. The van der Waals surface area contributed by atoms with Crippen LogP contribution in [0.5, 0.6) is 0 Å². The molecule has 0 saturated carbocycles. The molecule has 1 rings (SSSR count). The molecule has 0 aromatic carbocycles. The summed E-state index contributed by atoms with van der Waals surface area (Å²) in [5.41, 5.74) is 0. The van der Waals surface area contributed by atoms with Gasteiger partial charge in [-0.3, -0.25) is 4.79 Å². The van der Waals surface area contributed by atoms with Crippen molar-refractivity contribution in [3.63, 3.8) is 0 Å². The highest BCUT2D eigenvalue weighted by Crippen LogP contribution is 2.23. The van der Waals surface area contributed by atoms with Crippen molar-refractivity contribution in [2.75, 3.05) is 13.2 Å². The van der Waals surface area contributed by atoms with Crippen molar-refractivity contribution in [2.45, 2.75) is 288 Å². The topological polar surface area (TPSA) is 149 Å². The van der Waals surface area contributed by atoms with Gasteiger partial charge in [0.05, 0.1) is 25.4 Å². The Morgan fingerprint density at radius 3 is 1.43 bits per heavy atom. The van der Waals surface area contributed by atoms with Gasteiger partial charge < -0.3 is 40.3 Å². The lowest BCUT2D eigenvalue weighted by atomic mass is 9.99. The summed E-state index contributed by atoms with van der Waals surface area (Å²) in [6.45, 7) is 3.63. The van der Waals surface area contributed by atoms with E-state index < -0.39 is 49.5 Å². The molecule has 1 amide bonds. The standard InChI is InChI=1S/C58H105NO8/c1-3-5-7-9-11-13-15-17-18-19-20-21-22-23-24-25-26-27-28-29-30-31-32-33-34-36-37-39-41-43-45-47-52(61)51(50-66-58-57(65)56(64)55(63)53(49-60)67-58)59-54(62)48-46-44-42-40-38-35-16-14-12-10-8-6-4-2/h6,8,12,14,35,37-39,45,47,51-53,55-58,60-61,63-65H,3-5,7,9-11,13,15-34,36,40-44,46,48-50H2,1-2H3,(H,59,62)/b8-6-,14-12-,38-35-,39-37+,47-45+. The van der Waals surface area contributed by atoms with Crippen molar-refractivity contribution in [1.29, 1.82) is 0 Å². The van der Waals surface area contributed by atoms with Gasteiger partial charge >= 0.3 is 0 Å². The number of aliphatic hydroxyl groups is 5. The minimum atomic E-state index is -1.58. The van der Waals surface area contributed by atoms with Crippen LogP contribution in [0, 0.1) is 0 Å². The van der Waals surface area contributed by atoms with Crippen LogP contribution < -0.4 is 5.32 Å². The Morgan fingerprint density at radius 1 is 0.522 bits per heavy atom. The number of unbranched alkanes of at least 4 members (excludes halogenated alkanes) is 29. The smallest absolute Gasteiger partial charge is 0.220 e. The van der Waals surface area contributed by atoms with Gasteiger partial charge in [0.15, 0.2) is 6.29 Å². The van der Waals surface area contributed by atoms with Crippen LogP contribution in [0.3, 0.4) is 0 Å². The van der Waals surface area contributed by atoms with Gasteiger partial charge in [0.2, 0.25) is 5.91 Å². The molecule has 1 fully saturated rings. The normalized spacial score (nSPS) is 20.1. The van der Waals surface area contributed by atoms with E-state index in [9.17, 15) is 30.3 Å². The largest absolute Gasteiger partial charge is 0.394 e. The summed E-state index contributed by atoms with van der Waals surface area (Å²) < 4.78 is 11.2. The number of amides is 1. The molecule has 9 heteroatoms. The van der Waals surface area contributed by atoms with Crippen LogP contribution in [0.25, 0.3) is 0 Å². The molecule has 0 aliphatic carbocycles. The molecular formula is C58H105NO8. The van der Waals surface area contributed by atoms with Crippen LogP contribution in [0.4, 0.5) is 0 Å². The Morgan fingerprint density at radius 2 is 0.940 bits per heavy atom. The molecule has 1 heterocycles. The van der Waals surface area contributed by atoms with Crippen LogP contribution in [-0.4, -0.2) is 87.5 Å². The first kappa shape index (κ1) is 62.9. The maximum absolute atomic E-state index is 13.0. The highest BCUT2D eigenvalue weighted by molar-refractivity contribution is 5.76. The molecule has 67 heavy (non-hydrogen) atoms. The lowest BCUT2D eigenvalue weighted by Gasteiger charge is -2.40. The summed E-state index contributed by atoms with van der Waals surface area (Å²) in [6, 6.07) is -0.839. The number of carbonyl (C=O) groups is 1. The van der Waals surface area contributed by atoms with Gasteiger partial charge in [-0.05, 0) is 64.2 Å². The summed E-state index contributed by atoms with van der Waals surface area (Å²) in [5.74, 6) is -0.216. The van der Waals surface area contributed by atoms with Crippen molar-refractivity contribution in [3.05, 3.63) is 60.8 Å². The molecule has 0 aromatic rings. The fourth-order valence-electron chi connectivity index (χ4n) is 8.66. The number of ether oxygens (including phenoxy) is 2. The van der Waals surface area contributed by atoms with Gasteiger partial charge in [0.1, 0.15) is 24.4 Å². The number of rotatable bonds is 47. The highest BCUT2D eigenvalue weighted by atomic mass is 16.7. The predicted octanol–water partition coefficient (Wildman–Crippen LogP) is 13.5. The number of aliphatic hydroxyl groups excluding tert-OH is 5. The Kier molecular flexibility index (Phi) is 44.7. The average molecular weight is 944 g/mol. The van der Waals surface area contributed by atoms with Gasteiger partial charge in [-0.2, -0.15) is 0 Å². The zero-order valence-electron chi connectivity index (χ0n) is 43.1.